The molecule has 0 N–H and O–H groups in total. The summed E-state index contributed by atoms with van der Waals surface area (Å²) in [5.74, 6) is 1.02. The van der Waals surface area contributed by atoms with Crippen LogP contribution in [0.1, 0.15) is 11.4 Å². The molecular formula is C11H18N4. The lowest BCUT2D eigenvalue weighted by Gasteiger charge is -2.33. The summed E-state index contributed by atoms with van der Waals surface area (Å²) in [7, 11) is 2.16. The van der Waals surface area contributed by atoms with Gasteiger partial charge in [0.2, 0.25) is 0 Å². The highest BCUT2D eigenvalue weighted by molar-refractivity contribution is 5.38. The van der Waals surface area contributed by atoms with Gasteiger partial charge in [0.15, 0.2) is 0 Å². The zero-order chi connectivity index (χ0) is 10.8. The van der Waals surface area contributed by atoms with Crippen molar-refractivity contribution in [3.8, 4) is 0 Å². The smallest absolute Gasteiger partial charge is 0.147 e. The Balaban J connectivity index is 2.12. The molecule has 0 aliphatic carbocycles. The Morgan fingerprint density at radius 1 is 1.07 bits per heavy atom. The minimum atomic E-state index is 1.02. The lowest BCUT2D eigenvalue weighted by Crippen LogP contribution is -2.44. The van der Waals surface area contributed by atoms with E-state index in [0.29, 0.717) is 0 Å². The van der Waals surface area contributed by atoms with Crippen LogP contribution in [0.2, 0.25) is 0 Å². The summed E-state index contributed by atoms with van der Waals surface area (Å²) in [6, 6.07) is 0. The summed E-state index contributed by atoms with van der Waals surface area (Å²) in [4.78, 5) is 13.6. The SMILES string of the molecule is Cc1ncc(N2CCN(C)CC2)nc1C. The molecule has 82 valence electrons. The second kappa shape index (κ2) is 4.14. The number of aromatic nitrogens is 2. The van der Waals surface area contributed by atoms with Crippen molar-refractivity contribution in [1.82, 2.24) is 14.9 Å². The monoisotopic (exact) mass is 206 g/mol. The standard InChI is InChI=1S/C11H18N4/c1-9-10(2)13-11(8-12-9)15-6-4-14(3)5-7-15/h8H,4-7H2,1-3H3. The van der Waals surface area contributed by atoms with Crippen LogP contribution in [0.15, 0.2) is 6.20 Å². The molecule has 15 heavy (non-hydrogen) atoms. The number of anilines is 1. The normalized spacial score (nSPS) is 18.2. The summed E-state index contributed by atoms with van der Waals surface area (Å²) in [5, 5.41) is 0. The molecule has 1 aliphatic heterocycles. The maximum Gasteiger partial charge on any atom is 0.147 e. The molecule has 1 fully saturated rings. The molecule has 1 saturated heterocycles. The van der Waals surface area contributed by atoms with Crippen molar-refractivity contribution in [2.75, 3.05) is 38.1 Å². The number of piperazine rings is 1. The quantitative estimate of drug-likeness (QED) is 0.682. The zero-order valence-electron chi connectivity index (χ0n) is 9.69. The third-order valence-corrected chi connectivity index (χ3v) is 3.01. The first-order valence-electron chi connectivity index (χ1n) is 5.40. The lowest BCUT2D eigenvalue weighted by atomic mass is 10.3. The largest absolute Gasteiger partial charge is 0.353 e. The van der Waals surface area contributed by atoms with Crippen LogP contribution in [0.3, 0.4) is 0 Å². The van der Waals surface area contributed by atoms with Crippen molar-refractivity contribution >= 4 is 5.82 Å². The number of nitrogens with zero attached hydrogens (tertiary/aromatic N) is 4. The molecule has 0 saturated carbocycles. The van der Waals surface area contributed by atoms with Crippen LogP contribution in [0.25, 0.3) is 0 Å². The van der Waals surface area contributed by atoms with Crippen molar-refractivity contribution in [3.63, 3.8) is 0 Å². The molecule has 0 unspecified atom stereocenters. The van der Waals surface area contributed by atoms with E-state index in [9.17, 15) is 0 Å². The fraction of sp³-hybridized carbons (Fsp3) is 0.636. The third-order valence-electron chi connectivity index (χ3n) is 3.01. The van der Waals surface area contributed by atoms with Crippen LogP contribution in [0.5, 0.6) is 0 Å². The van der Waals surface area contributed by atoms with Crippen LogP contribution < -0.4 is 4.90 Å². The van der Waals surface area contributed by atoms with Crippen molar-refractivity contribution in [1.29, 1.82) is 0 Å². The molecule has 1 aromatic rings. The number of hydrogen-bond acceptors (Lipinski definition) is 4. The summed E-state index contributed by atoms with van der Waals surface area (Å²) < 4.78 is 0. The average Bonchev–Trinajstić information content (AvgIpc) is 2.23. The van der Waals surface area contributed by atoms with Crippen LogP contribution >= 0.6 is 0 Å². The highest BCUT2D eigenvalue weighted by atomic mass is 15.3. The van der Waals surface area contributed by atoms with Gasteiger partial charge in [-0.2, -0.15) is 0 Å². The molecule has 0 bridgehead atoms. The molecule has 2 heterocycles. The number of hydrogen-bond donors (Lipinski definition) is 0. The van der Waals surface area contributed by atoms with Gasteiger partial charge in [-0.3, -0.25) is 4.98 Å². The summed E-state index contributed by atoms with van der Waals surface area (Å²) >= 11 is 0. The predicted octanol–water partition coefficient (Wildman–Crippen LogP) is 0.845. The minimum Gasteiger partial charge on any atom is -0.353 e. The first-order chi connectivity index (χ1) is 7.16. The van der Waals surface area contributed by atoms with E-state index >= 15 is 0 Å². The van der Waals surface area contributed by atoms with Gasteiger partial charge in [0.25, 0.3) is 0 Å². The fourth-order valence-electron chi connectivity index (χ4n) is 1.72. The van der Waals surface area contributed by atoms with Gasteiger partial charge in [0.1, 0.15) is 5.82 Å². The molecule has 0 amide bonds. The third kappa shape index (κ3) is 2.26. The Hall–Kier alpha value is -1.16. The topological polar surface area (TPSA) is 32.3 Å². The average molecular weight is 206 g/mol. The van der Waals surface area contributed by atoms with Gasteiger partial charge in [-0.25, -0.2) is 4.98 Å². The first-order valence-corrected chi connectivity index (χ1v) is 5.40. The number of likely N-dealkylation sites (N-methyl/N-ethyl adjacent to an activating group) is 1. The van der Waals surface area contributed by atoms with Gasteiger partial charge in [-0.1, -0.05) is 0 Å². The molecule has 4 nitrogen and oxygen atoms in total. The Morgan fingerprint density at radius 3 is 2.33 bits per heavy atom. The molecule has 1 aromatic heterocycles. The molecular weight excluding hydrogens is 188 g/mol. The second-order valence-corrected chi connectivity index (χ2v) is 4.19. The van der Waals surface area contributed by atoms with Gasteiger partial charge in [0, 0.05) is 26.2 Å². The van der Waals surface area contributed by atoms with E-state index in [-0.39, 0.29) is 0 Å². The van der Waals surface area contributed by atoms with Crippen LogP contribution in [-0.4, -0.2) is 48.1 Å². The molecule has 0 atom stereocenters. The molecule has 4 heteroatoms. The Kier molecular flexibility index (Phi) is 2.86. The summed E-state index contributed by atoms with van der Waals surface area (Å²) in [6.45, 7) is 8.32. The van der Waals surface area contributed by atoms with E-state index < -0.39 is 0 Å². The first kappa shape index (κ1) is 10.4. The fourth-order valence-corrected chi connectivity index (χ4v) is 1.72. The van der Waals surface area contributed by atoms with Gasteiger partial charge < -0.3 is 9.80 Å². The molecule has 2 rings (SSSR count). The summed E-state index contributed by atoms with van der Waals surface area (Å²) in [5.41, 5.74) is 2.05. The Morgan fingerprint density at radius 2 is 1.73 bits per heavy atom. The second-order valence-electron chi connectivity index (χ2n) is 4.19. The maximum atomic E-state index is 4.57. The highest BCUT2D eigenvalue weighted by Gasteiger charge is 2.15. The minimum absolute atomic E-state index is 1.02. The Labute approximate surface area is 90.9 Å². The molecule has 0 radical (unpaired) electrons. The molecule has 1 aliphatic rings. The number of aryl methyl sites for hydroxylation is 2. The van der Waals surface area contributed by atoms with E-state index in [1.54, 1.807) is 0 Å². The van der Waals surface area contributed by atoms with E-state index in [4.69, 9.17) is 0 Å². The molecule has 0 spiro atoms. The van der Waals surface area contributed by atoms with E-state index in [2.05, 4.69) is 26.8 Å². The van der Waals surface area contributed by atoms with Crippen molar-refractivity contribution in [3.05, 3.63) is 17.6 Å². The van der Waals surface area contributed by atoms with Gasteiger partial charge >= 0.3 is 0 Å². The van der Waals surface area contributed by atoms with E-state index in [0.717, 1.165) is 43.4 Å². The van der Waals surface area contributed by atoms with Crippen LogP contribution in [-0.2, 0) is 0 Å². The highest BCUT2D eigenvalue weighted by Crippen LogP contribution is 2.13. The van der Waals surface area contributed by atoms with Crippen LogP contribution in [0.4, 0.5) is 5.82 Å². The van der Waals surface area contributed by atoms with Crippen LogP contribution in [0, 0.1) is 13.8 Å². The van der Waals surface area contributed by atoms with Gasteiger partial charge in [0.05, 0.1) is 17.6 Å². The lowest BCUT2D eigenvalue weighted by molar-refractivity contribution is 0.312. The zero-order valence-corrected chi connectivity index (χ0v) is 9.69. The Bertz CT molecular complexity index is 342. The van der Waals surface area contributed by atoms with Crippen molar-refractivity contribution < 1.29 is 0 Å². The van der Waals surface area contributed by atoms with E-state index in [1.807, 2.05) is 20.0 Å². The molecule has 0 aromatic carbocycles. The van der Waals surface area contributed by atoms with Crippen molar-refractivity contribution in [2.45, 2.75) is 13.8 Å². The summed E-state index contributed by atoms with van der Waals surface area (Å²) in [6.07, 6.45) is 1.88. The van der Waals surface area contributed by atoms with Crippen molar-refractivity contribution in [2.24, 2.45) is 0 Å². The van der Waals surface area contributed by atoms with E-state index in [1.165, 1.54) is 0 Å². The predicted molar refractivity (Wildman–Crippen MR) is 61.2 cm³/mol. The van der Waals surface area contributed by atoms with Gasteiger partial charge in [-0.05, 0) is 20.9 Å². The maximum absolute atomic E-state index is 4.57. The number of rotatable bonds is 1. The van der Waals surface area contributed by atoms with Gasteiger partial charge in [-0.15, -0.1) is 0 Å².